The smallest absolute Gasteiger partial charge is 0.0574 e. The molecule has 1 aromatic rings. The highest BCUT2D eigenvalue weighted by molar-refractivity contribution is 5.16. The SMILES string of the molecule is [2H]C1=CCNC(c2cccnc2)C1([2H])[2H]. The highest BCUT2D eigenvalue weighted by Gasteiger charge is 2.10. The standard InChI is InChI=1S/C10H12N2/c1-2-7-12-10(5-1)9-4-3-6-11-8-9/h1-4,6,8,10,12H,5,7H2/i1D,5D2. The van der Waals surface area contributed by atoms with Crippen LogP contribution in [0.1, 0.15) is 22.1 Å². The van der Waals surface area contributed by atoms with Crippen LogP contribution in [0.25, 0.3) is 0 Å². The van der Waals surface area contributed by atoms with Crippen LogP contribution in [0, 0.1) is 0 Å². The second-order valence-electron chi connectivity index (χ2n) is 2.62. The molecule has 0 bridgehead atoms. The molecule has 0 radical (unpaired) electrons. The first-order valence-electron chi connectivity index (χ1n) is 5.43. The zero-order valence-corrected chi connectivity index (χ0v) is 6.62. The molecule has 2 heteroatoms. The summed E-state index contributed by atoms with van der Waals surface area (Å²) in [4.78, 5) is 3.96. The Balaban J connectivity index is 2.35. The van der Waals surface area contributed by atoms with Crippen molar-refractivity contribution in [3.05, 3.63) is 42.2 Å². The molecule has 2 nitrogen and oxygen atoms in total. The van der Waals surface area contributed by atoms with E-state index in [1.807, 2.05) is 6.07 Å². The summed E-state index contributed by atoms with van der Waals surface area (Å²) >= 11 is 0. The van der Waals surface area contributed by atoms with E-state index in [4.69, 9.17) is 4.11 Å². The van der Waals surface area contributed by atoms with E-state index in [0.717, 1.165) is 5.56 Å². The fourth-order valence-electron chi connectivity index (χ4n) is 1.17. The van der Waals surface area contributed by atoms with Crippen molar-refractivity contribution in [2.45, 2.75) is 12.4 Å². The summed E-state index contributed by atoms with van der Waals surface area (Å²) in [5.41, 5.74) is 0.778. The molecule has 1 aromatic heterocycles. The maximum atomic E-state index is 7.85. The van der Waals surface area contributed by atoms with Crippen LogP contribution in [0.3, 0.4) is 0 Å². The summed E-state index contributed by atoms with van der Waals surface area (Å²) in [6.07, 6.45) is 3.18. The van der Waals surface area contributed by atoms with Crippen LogP contribution >= 0.6 is 0 Å². The molecule has 0 aromatic carbocycles. The van der Waals surface area contributed by atoms with E-state index in [1.54, 1.807) is 24.5 Å². The molecule has 0 aliphatic carbocycles. The molecule has 2 rings (SSSR count). The molecule has 0 fully saturated rings. The second kappa shape index (κ2) is 3.50. The lowest BCUT2D eigenvalue weighted by Crippen LogP contribution is -2.23. The Hall–Kier alpha value is -1.15. The Labute approximate surface area is 76.5 Å². The maximum Gasteiger partial charge on any atom is 0.0574 e. The van der Waals surface area contributed by atoms with E-state index < -0.39 is 12.4 Å². The first-order valence-corrected chi connectivity index (χ1v) is 3.93. The van der Waals surface area contributed by atoms with Crippen LogP contribution in [-0.4, -0.2) is 11.5 Å². The average molecular weight is 163 g/mol. The van der Waals surface area contributed by atoms with Crippen molar-refractivity contribution in [3.8, 4) is 0 Å². The molecule has 62 valence electrons. The lowest BCUT2D eigenvalue weighted by atomic mass is 10.0. The van der Waals surface area contributed by atoms with Crippen LogP contribution < -0.4 is 5.32 Å². The first kappa shape index (κ1) is 4.77. The summed E-state index contributed by atoms with van der Waals surface area (Å²) in [5, 5.41) is 3.04. The minimum Gasteiger partial charge on any atom is -0.306 e. The summed E-state index contributed by atoms with van der Waals surface area (Å²) in [5.74, 6) is 0. The van der Waals surface area contributed by atoms with Gasteiger partial charge < -0.3 is 5.32 Å². The van der Waals surface area contributed by atoms with Crippen molar-refractivity contribution in [1.29, 1.82) is 0 Å². The van der Waals surface area contributed by atoms with Crippen molar-refractivity contribution in [2.24, 2.45) is 0 Å². The van der Waals surface area contributed by atoms with Gasteiger partial charge in [0, 0.05) is 27.7 Å². The Kier molecular flexibility index (Phi) is 1.39. The molecule has 0 saturated heterocycles. The Morgan fingerprint density at radius 2 is 2.75 bits per heavy atom. The third-order valence-corrected chi connectivity index (χ3v) is 1.77. The van der Waals surface area contributed by atoms with Crippen LogP contribution in [-0.2, 0) is 0 Å². The van der Waals surface area contributed by atoms with Gasteiger partial charge in [-0.15, -0.1) is 0 Å². The monoisotopic (exact) mass is 163 g/mol. The third kappa shape index (κ3) is 1.53. The average Bonchev–Trinajstić information content (AvgIpc) is 2.23. The third-order valence-electron chi connectivity index (χ3n) is 1.77. The van der Waals surface area contributed by atoms with Crippen molar-refractivity contribution in [1.82, 2.24) is 10.3 Å². The number of aromatic nitrogens is 1. The molecule has 1 aliphatic heterocycles. The van der Waals surface area contributed by atoms with E-state index in [0.29, 0.717) is 6.54 Å². The largest absolute Gasteiger partial charge is 0.306 e. The van der Waals surface area contributed by atoms with E-state index >= 15 is 0 Å². The quantitative estimate of drug-likeness (QED) is 0.637. The number of nitrogens with zero attached hydrogens (tertiary/aromatic N) is 1. The van der Waals surface area contributed by atoms with E-state index in [2.05, 4.69) is 10.3 Å². The van der Waals surface area contributed by atoms with Gasteiger partial charge in [-0.05, 0) is 18.0 Å². The lowest BCUT2D eigenvalue weighted by Gasteiger charge is -2.19. The minimum absolute atomic E-state index is 0.0371. The maximum absolute atomic E-state index is 7.85. The molecule has 1 atom stereocenters. The van der Waals surface area contributed by atoms with Gasteiger partial charge in [0.2, 0.25) is 0 Å². The zero-order chi connectivity index (χ0) is 10.9. The summed E-state index contributed by atoms with van der Waals surface area (Å²) in [7, 11) is 0. The van der Waals surface area contributed by atoms with Crippen LogP contribution in [0.15, 0.2) is 36.7 Å². The molecule has 1 aliphatic rings. The number of hydrogen-bond acceptors (Lipinski definition) is 2. The summed E-state index contributed by atoms with van der Waals surface area (Å²) in [6.45, 7) is 0.526. The number of hydrogen-bond donors (Lipinski definition) is 1. The van der Waals surface area contributed by atoms with Crippen LogP contribution in [0.5, 0.6) is 0 Å². The second-order valence-corrected chi connectivity index (χ2v) is 2.62. The van der Waals surface area contributed by atoms with Crippen molar-refractivity contribution in [2.75, 3.05) is 6.54 Å². The van der Waals surface area contributed by atoms with Crippen molar-refractivity contribution >= 4 is 0 Å². The molecule has 0 spiro atoms. The van der Waals surface area contributed by atoms with E-state index in [9.17, 15) is 0 Å². The summed E-state index contributed by atoms with van der Waals surface area (Å²) in [6, 6.07) is 3.15. The molecule has 0 saturated carbocycles. The number of rotatable bonds is 1. The normalized spacial score (nSPS) is 31.2. The van der Waals surface area contributed by atoms with Gasteiger partial charge >= 0.3 is 0 Å². The molecule has 12 heavy (non-hydrogen) atoms. The molecule has 1 unspecified atom stereocenters. The van der Waals surface area contributed by atoms with Gasteiger partial charge in [-0.2, -0.15) is 0 Å². The number of nitrogens with one attached hydrogen (secondary N) is 1. The fraction of sp³-hybridized carbons (Fsp3) is 0.300. The Bertz CT molecular complexity index is 376. The summed E-state index contributed by atoms with van der Waals surface area (Å²) < 4.78 is 23.3. The molecule has 0 amide bonds. The van der Waals surface area contributed by atoms with Gasteiger partial charge in [-0.1, -0.05) is 18.2 Å². The first-order chi connectivity index (χ1) is 7.12. The topological polar surface area (TPSA) is 24.9 Å². The minimum atomic E-state index is -1.67. The highest BCUT2D eigenvalue weighted by Crippen LogP contribution is 2.17. The Morgan fingerprint density at radius 1 is 1.75 bits per heavy atom. The predicted molar refractivity (Wildman–Crippen MR) is 48.7 cm³/mol. The number of pyridine rings is 1. The van der Waals surface area contributed by atoms with Gasteiger partial charge in [0.05, 0.1) is 1.37 Å². The fourth-order valence-corrected chi connectivity index (χ4v) is 1.17. The van der Waals surface area contributed by atoms with Crippen molar-refractivity contribution in [3.63, 3.8) is 0 Å². The predicted octanol–water partition coefficient (Wildman–Crippen LogP) is 1.67. The molecule has 2 heterocycles. The van der Waals surface area contributed by atoms with Gasteiger partial charge in [0.1, 0.15) is 0 Å². The van der Waals surface area contributed by atoms with E-state index in [1.165, 1.54) is 0 Å². The zero-order valence-electron chi connectivity index (χ0n) is 9.62. The van der Waals surface area contributed by atoms with Crippen LogP contribution in [0.2, 0.25) is 0 Å². The van der Waals surface area contributed by atoms with Gasteiger partial charge in [0.15, 0.2) is 0 Å². The Morgan fingerprint density at radius 3 is 3.58 bits per heavy atom. The van der Waals surface area contributed by atoms with Gasteiger partial charge in [0.25, 0.3) is 0 Å². The van der Waals surface area contributed by atoms with Crippen LogP contribution in [0.4, 0.5) is 0 Å². The van der Waals surface area contributed by atoms with E-state index in [-0.39, 0.29) is 6.05 Å². The lowest BCUT2D eigenvalue weighted by molar-refractivity contribution is 0.553. The molecular formula is C10H12N2. The highest BCUT2D eigenvalue weighted by atomic mass is 14.9. The van der Waals surface area contributed by atoms with Gasteiger partial charge in [-0.3, -0.25) is 4.98 Å². The molecular weight excluding hydrogens is 148 g/mol. The van der Waals surface area contributed by atoms with Gasteiger partial charge in [-0.25, -0.2) is 0 Å². The molecule has 1 N–H and O–H groups in total. The van der Waals surface area contributed by atoms with Crippen molar-refractivity contribution < 1.29 is 4.11 Å².